The minimum Gasteiger partial charge on any atom is -0.0619 e. The highest BCUT2D eigenvalue weighted by molar-refractivity contribution is 14.1. The van der Waals surface area contributed by atoms with Crippen molar-refractivity contribution in [2.24, 2.45) is 0 Å². The summed E-state index contributed by atoms with van der Waals surface area (Å²) in [5.41, 5.74) is 4.27. The number of rotatable bonds is 1. The average Bonchev–Trinajstić information content (AvgIpc) is 2.28. The van der Waals surface area contributed by atoms with Gasteiger partial charge in [0, 0.05) is 3.57 Å². The molecule has 0 aliphatic heterocycles. The van der Waals surface area contributed by atoms with Crippen LogP contribution in [0.2, 0.25) is 0 Å². The molecule has 0 aliphatic carbocycles. The molecular weight excluding hydrogens is 319 g/mol. The summed E-state index contributed by atoms with van der Waals surface area (Å²) in [4.78, 5) is 0. The van der Waals surface area contributed by atoms with Gasteiger partial charge in [-0.2, -0.15) is 0 Å². The predicted molar refractivity (Wildman–Crippen MR) is 83.3 cm³/mol. The third kappa shape index (κ3) is 2.71. The summed E-state index contributed by atoms with van der Waals surface area (Å²) < 4.78 is 1.31. The third-order valence-electron chi connectivity index (χ3n) is 2.90. The van der Waals surface area contributed by atoms with Crippen molar-refractivity contribution in [2.45, 2.75) is 26.2 Å². The van der Waals surface area contributed by atoms with E-state index in [1.807, 2.05) is 0 Å². The van der Waals surface area contributed by atoms with Crippen LogP contribution in [0.15, 0.2) is 48.5 Å². The summed E-state index contributed by atoms with van der Waals surface area (Å²) in [6, 6.07) is 17.3. The van der Waals surface area contributed by atoms with Gasteiger partial charge in [0.05, 0.1) is 0 Å². The van der Waals surface area contributed by atoms with Crippen molar-refractivity contribution in [3.05, 3.63) is 57.7 Å². The molecule has 0 radical (unpaired) electrons. The molecule has 0 aliphatic rings. The molecule has 88 valence electrons. The van der Waals surface area contributed by atoms with Crippen molar-refractivity contribution in [3.63, 3.8) is 0 Å². The summed E-state index contributed by atoms with van der Waals surface area (Å²) in [5.74, 6) is 0. The first-order chi connectivity index (χ1) is 8.00. The molecule has 0 fully saturated rings. The Morgan fingerprint density at radius 2 is 1.29 bits per heavy atom. The average molecular weight is 336 g/mol. The van der Waals surface area contributed by atoms with Crippen molar-refractivity contribution in [3.8, 4) is 11.1 Å². The van der Waals surface area contributed by atoms with Gasteiger partial charge in [0.1, 0.15) is 0 Å². The van der Waals surface area contributed by atoms with E-state index in [1.165, 1.54) is 20.3 Å². The van der Waals surface area contributed by atoms with E-state index in [9.17, 15) is 0 Å². The molecule has 2 rings (SSSR count). The van der Waals surface area contributed by atoms with E-state index in [1.54, 1.807) is 0 Å². The van der Waals surface area contributed by atoms with Gasteiger partial charge in [-0.25, -0.2) is 0 Å². The summed E-state index contributed by atoms with van der Waals surface area (Å²) in [5, 5.41) is 0. The first kappa shape index (κ1) is 12.6. The van der Waals surface area contributed by atoms with Crippen LogP contribution >= 0.6 is 22.6 Å². The number of benzene rings is 2. The Hall–Kier alpha value is -0.830. The van der Waals surface area contributed by atoms with Crippen LogP contribution in [0.25, 0.3) is 11.1 Å². The Balaban J connectivity index is 2.65. The highest BCUT2D eigenvalue weighted by atomic mass is 127. The second kappa shape index (κ2) is 4.81. The first-order valence-electron chi connectivity index (χ1n) is 5.84. The Labute approximate surface area is 117 Å². The smallest absolute Gasteiger partial charge is 0.0208 e. The van der Waals surface area contributed by atoms with E-state index in [0.29, 0.717) is 0 Å². The van der Waals surface area contributed by atoms with Crippen LogP contribution in [0.1, 0.15) is 26.3 Å². The van der Waals surface area contributed by atoms with Crippen molar-refractivity contribution < 1.29 is 0 Å². The second-order valence-electron chi connectivity index (χ2n) is 5.28. The van der Waals surface area contributed by atoms with Crippen LogP contribution in [0.3, 0.4) is 0 Å². The fourth-order valence-corrected chi connectivity index (χ4v) is 2.73. The molecule has 0 aromatic heterocycles. The van der Waals surface area contributed by atoms with Gasteiger partial charge in [-0.05, 0) is 50.8 Å². The fraction of sp³-hybridized carbons (Fsp3) is 0.250. The lowest BCUT2D eigenvalue weighted by molar-refractivity contribution is 0.592. The van der Waals surface area contributed by atoms with Gasteiger partial charge in [-0.15, -0.1) is 0 Å². The summed E-state index contributed by atoms with van der Waals surface area (Å²) in [6.45, 7) is 6.80. The Morgan fingerprint density at radius 1 is 0.765 bits per heavy atom. The monoisotopic (exact) mass is 336 g/mol. The Morgan fingerprint density at radius 3 is 1.88 bits per heavy atom. The van der Waals surface area contributed by atoms with Gasteiger partial charge < -0.3 is 0 Å². The zero-order chi connectivity index (χ0) is 12.5. The van der Waals surface area contributed by atoms with Gasteiger partial charge in [-0.3, -0.25) is 0 Å². The molecule has 0 saturated carbocycles. The SMILES string of the molecule is CC(C)(C)c1ccccc1-c1ccccc1I. The third-order valence-corrected chi connectivity index (χ3v) is 3.84. The van der Waals surface area contributed by atoms with Crippen molar-refractivity contribution in [1.82, 2.24) is 0 Å². The minimum absolute atomic E-state index is 0.176. The molecular formula is C16H17I. The van der Waals surface area contributed by atoms with Crippen LogP contribution in [0, 0.1) is 3.57 Å². The standard InChI is InChI=1S/C16H17I/c1-16(2,3)14-10-6-4-8-12(14)13-9-5-7-11-15(13)17/h4-11H,1-3H3. The number of halogens is 1. The minimum atomic E-state index is 0.176. The lowest BCUT2D eigenvalue weighted by Crippen LogP contribution is -2.12. The van der Waals surface area contributed by atoms with Crippen LogP contribution in [-0.2, 0) is 5.41 Å². The molecule has 0 N–H and O–H groups in total. The van der Waals surface area contributed by atoms with E-state index < -0.39 is 0 Å². The van der Waals surface area contributed by atoms with Crippen LogP contribution in [-0.4, -0.2) is 0 Å². The molecule has 0 nitrogen and oxygen atoms in total. The van der Waals surface area contributed by atoms with E-state index in [2.05, 4.69) is 91.9 Å². The summed E-state index contributed by atoms with van der Waals surface area (Å²) in [6.07, 6.45) is 0. The molecule has 1 heteroatoms. The largest absolute Gasteiger partial charge is 0.0619 e. The molecule has 0 saturated heterocycles. The maximum absolute atomic E-state index is 2.41. The van der Waals surface area contributed by atoms with Crippen LogP contribution in [0.5, 0.6) is 0 Å². The zero-order valence-electron chi connectivity index (χ0n) is 10.5. The molecule has 17 heavy (non-hydrogen) atoms. The number of hydrogen-bond donors (Lipinski definition) is 0. The van der Waals surface area contributed by atoms with E-state index >= 15 is 0 Å². The summed E-state index contributed by atoms with van der Waals surface area (Å²) in [7, 11) is 0. The van der Waals surface area contributed by atoms with Crippen molar-refractivity contribution >= 4 is 22.6 Å². The van der Waals surface area contributed by atoms with Gasteiger partial charge in [0.25, 0.3) is 0 Å². The fourth-order valence-electron chi connectivity index (χ4n) is 2.05. The van der Waals surface area contributed by atoms with Gasteiger partial charge in [0.15, 0.2) is 0 Å². The molecule has 0 bridgehead atoms. The van der Waals surface area contributed by atoms with Gasteiger partial charge in [0.2, 0.25) is 0 Å². The molecule has 0 amide bonds. The molecule has 0 heterocycles. The Bertz CT molecular complexity index is 521. The molecule has 0 atom stereocenters. The lowest BCUT2D eigenvalue weighted by atomic mass is 9.82. The van der Waals surface area contributed by atoms with Crippen LogP contribution < -0.4 is 0 Å². The van der Waals surface area contributed by atoms with E-state index in [0.717, 1.165) is 0 Å². The first-order valence-corrected chi connectivity index (χ1v) is 6.92. The maximum Gasteiger partial charge on any atom is 0.0208 e. The summed E-state index contributed by atoms with van der Waals surface area (Å²) >= 11 is 2.41. The van der Waals surface area contributed by atoms with Crippen LogP contribution in [0.4, 0.5) is 0 Å². The molecule has 2 aromatic carbocycles. The lowest BCUT2D eigenvalue weighted by Gasteiger charge is -2.23. The zero-order valence-corrected chi connectivity index (χ0v) is 12.7. The van der Waals surface area contributed by atoms with Gasteiger partial charge >= 0.3 is 0 Å². The van der Waals surface area contributed by atoms with E-state index in [-0.39, 0.29) is 5.41 Å². The molecule has 0 spiro atoms. The molecule has 2 aromatic rings. The maximum atomic E-state index is 2.41. The highest BCUT2D eigenvalue weighted by Crippen LogP contribution is 2.34. The van der Waals surface area contributed by atoms with Gasteiger partial charge in [-0.1, -0.05) is 63.2 Å². The Kier molecular flexibility index (Phi) is 3.57. The quantitative estimate of drug-likeness (QED) is 0.624. The second-order valence-corrected chi connectivity index (χ2v) is 6.44. The van der Waals surface area contributed by atoms with E-state index in [4.69, 9.17) is 0 Å². The number of hydrogen-bond acceptors (Lipinski definition) is 0. The molecule has 0 unspecified atom stereocenters. The topological polar surface area (TPSA) is 0 Å². The van der Waals surface area contributed by atoms with Crippen molar-refractivity contribution in [2.75, 3.05) is 0 Å². The predicted octanol–water partition coefficient (Wildman–Crippen LogP) is 5.26. The highest BCUT2D eigenvalue weighted by Gasteiger charge is 2.18. The van der Waals surface area contributed by atoms with Crippen molar-refractivity contribution in [1.29, 1.82) is 0 Å². The normalized spacial score (nSPS) is 11.5.